The lowest BCUT2D eigenvalue weighted by Gasteiger charge is -2.38. The zero-order valence-corrected chi connectivity index (χ0v) is 12.9. The van der Waals surface area contributed by atoms with Crippen molar-refractivity contribution >= 4 is 8.56 Å². The zero-order valence-electron chi connectivity index (χ0n) is 11.9. The number of hydrogen-bond acceptors (Lipinski definition) is 2. The predicted molar refractivity (Wildman–Crippen MR) is 70.8 cm³/mol. The lowest BCUT2D eigenvalue weighted by atomic mass is 10.5. The van der Waals surface area contributed by atoms with Crippen LogP contribution < -0.4 is 0 Å². The minimum Gasteiger partial charge on any atom is -0.391 e. The molecule has 2 unspecified atom stereocenters. The molecule has 1 rings (SSSR count). The van der Waals surface area contributed by atoms with Crippen LogP contribution in [0.25, 0.3) is 0 Å². The molecule has 1 saturated carbocycles. The van der Waals surface area contributed by atoms with Crippen LogP contribution >= 0.6 is 0 Å². The molecule has 2 atom stereocenters. The van der Waals surface area contributed by atoms with E-state index < -0.39 is 8.56 Å². The van der Waals surface area contributed by atoms with Gasteiger partial charge in [-0.1, -0.05) is 20.8 Å². The minimum absolute atomic E-state index is 0.278. The van der Waals surface area contributed by atoms with Crippen LogP contribution in [0.5, 0.6) is 0 Å². The Morgan fingerprint density at radius 3 is 1.50 bits per heavy atom. The standard InChI is InChI=1S/C13H28O2Si/c1-9(2)14-16(11(5)6,15-10(3)4)13-8-12(13)7/h9-13H,8H2,1-7H3. The van der Waals surface area contributed by atoms with Gasteiger partial charge in [0.05, 0.1) is 0 Å². The van der Waals surface area contributed by atoms with Gasteiger partial charge in [0, 0.05) is 17.7 Å². The Balaban J connectivity index is 2.85. The van der Waals surface area contributed by atoms with Crippen molar-refractivity contribution in [1.29, 1.82) is 0 Å². The van der Waals surface area contributed by atoms with E-state index in [1.54, 1.807) is 0 Å². The Hall–Kier alpha value is 0.137. The number of rotatable bonds is 6. The molecule has 16 heavy (non-hydrogen) atoms. The van der Waals surface area contributed by atoms with Gasteiger partial charge in [-0.05, 0) is 45.6 Å². The third kappa shape index (κ3) is 3.08. The maximum atomic E-state index is 6.32. The van der Waals surface area contributed by atoms with Gasteiger partial charge in [-0.15, -0.1) is 0 Å². The molecule has 1 fully saturated rings. The van der Waals surface area contributed by atoms with Crippen LogP contribution in [0.15, 0.2) is 0 Å². The van der Waals surface area contributed by atoms with Gasteiger partial charge in [0.2, 0.25) is 0 Å². The van der Waals surface area contributed by atoms with Gasteiger partial charge in [0.1, 0.15) is 0 Å². The van der Waals surface area contributed by atoms with Gasteiger partial charge >= 0.3 is 8.56 Å². The second kappa shape index (κ2) is 5.19. The van der Waals surface area contributed by atoms with Crippen molar-refractivity contribution in [1.82, 2.24) is 0 Å². The summed E-state index contributed by atoms with van der Waals surface area (Å²) in [5, 5.41) is 0. The second-order valence-corrected chi connectivity index (χ2v) is 9.84. The largest absolute Gasteiger partial charge is 0.391 e. The molecule has 0 heterocycles. The molecule has 0 bridgehead atoms. The zero-order chi connectivity index (χ0) is 12.5. The van der Waals surface area contributed by atoms with Crippen LogP contribution in [0, 0.1) is 5.92 Å². The molecule has 0 aromatic heterocycles. The van der Waals surface area contributed by atoms with E-state index in [0.29, 0.717) is 11.1 Å². The Morgan fingerprint density at radius 1 is 0.938 bits per heavy atom. The lowest BCUT2D eigenvalue weighted by Crippen LogP contribution is -2.49. The highest BCUT2D eigenvalue weighted by Crippen LogP contribution is 2.56. The normalized spacial score (nSPS) is 25.9. The summed E-state index contributed by atoms with van der Waals surface area (Å²) in [6.45, 7) is 15.4. The molecule has 0 aromatic rings. The molecule has 0 saturated heterocycles. The first-order valence-electron chi connectivity index (χ1n) is 6.65. The van der Waals surface area contributed by atoms with E-state index in [-0.39, 0.29) is 12.2 Å². The van der Waals surface area contributed by atoms with E-state index in [4.69, 9.17) is 8.85 Å². The van der Waals surface area contributed by atoms with Gasteiger partial charge in [0.15, 0.2) is 0 Å². The van der Waals surface area contributed by atoms with Crippen molar-refractivity contribution < 1.29 is 8.85 Å². The first-order chi connectivity index (χ1) is 7.29. The molecule has 0 N–H and O–H groups in total. The van der Waals surface area contributed by atoms with E-state index in [9.17, 15) is 0 Å². The Bertz CT molecular complexity index is 216. The Labute approximate surface area is 102 Å². The molecule has 0 aromatic carbocycles. The Kier molecular flexibility index (Phi) is 4.61. The maximum Gasteiger partial charge on any atom is 0.344 e. The predicted octanol–water partition coefficient (Wildman–Crippen LogP) is 4.10. The molecule has 3 heteroatoms. The molecule has 2 nitrogen and oxygen atoms in total. The Morgan fingerprint density at radius 2 is 1.31 bits per heavy atom. The van der Waals surface area contributed by atoms with Crippen molar-refractivity contribution in [2.45, 2.75) is 78.2 Å². The molecular formula is C13H28O2Si. The van der Waals surface area contributed by atoms with E-state index in [1.807, 2.05) is 0 Å². The highest BCUT2D eigenvalue weighted by atomic mass is 28.4. The van der Waals surface area contributed by atoms with Gasteiger partial charge in [-0.25, -0.2) is 0 Å². The van der Waals surface area contributed by atoms with Crippen LogP contribution in [0.1, 0.15) is 54.9 Å². The fourth-order valence-corrected chi connectivity index (χ4v) is 7.30. The van der Waals surface area contributed by atoms with Gasteiger partial charge in [-0.2, -0.15) is 0 Å². The van der Waals surface area contributed by atoms with Crippen LogP contribution in [-0.4, -0.2) is 20.8 Å². The lowest BCUT2D eigenvalue weighted by molar-refractivity contribution is 0.0963. The molecule has 96 valence electrons. The summed E-state index contributed by atoms with van der Waals surface area (Å²) in [5.74, 6) is 0.798. The van der Waals surface area contributed by atoms with Crippen LogP contribution in [0.4, 0.5) is 0 Å². The van der Waals surface area contributed by atoms with Gasteiger partial charge in [0.25, 0.3) is 0 Å². The average Bonchev–Trinajstić information content (AvgIpc) is 2.79. The topological polar surface area (TPSA) is 18.5 Å². The van der Waals surface area contributed by atoms with Crippen LogP contribution in [0.3, 0.4) is 0 Å². The summed E-state index contributed by atoms with van der Waals surface area (Å²) in [5.41, 5.74) is 1.24. The second-order valence-electron chi connectivity index (χ2n) is 6.03. The van der Waals surface area contributed by atoms with Gasteiger partial charge in [-0.3, -0.25) is 0 Å². The van der Waals surface area contributed by atoms with E-state index >= 15 is 0 Å². The summed E-state index contributed by atoms with van der Waals surface area (Å²) < 4.78 is 12.6. The van der Waals surface area contributed by atoms with E-state index in [0.717, 1.165) is 5.92 Å². The third-order valence-electron chi connectivity index (χ3n) is 3.27. The molecule has 1 aliphatic rings. The van der Waals surface area contributed by atoms with Crippen molar-refractivity contribution in [3.05, 3.63) is 0 Å². The summed E-state index contributed by atoms with van der Waals surface area (Å²) >= 11 is 0. The van der Waals surface area contributed by atoms with Crippen LogP contribution in [-0.2, 0) is 8.85 Å². The van der Waals surface area contributed by atoms with E-state index in [1.165, 1.54) is 6.42 Å². The molecular weight excluding hydrogens is 216 g/mol. The van der Waals surface area contributed by atoms with E-state index in [2.05, 4.69) is 48.5 Å². The monoisotopic (exact) mass is 244 g/mol. The highest BCUT2D eigenvalue weighted by Gasteiger charge is 2.59. The van der Waals surface area contributed by atoms with Gasteiger partial charge < -0.3 is 8.85 Å². The molecule has 1 aliphatic carbocycles. The number of hydrogen-bond donors (Lipinski definition) is 0. The fraction of sp³-hybridized carbons (Fsp3) is 1.00. The highest BCUT2D eigenvalue weighted by molar-refractivity contribution is 6.71. The first-order valence-corrected chi connectivity index (χ1v) is 8.62. The van der Waals surface area contributed by atoms with Crippen LogP contribution in [0.2, 0.25) is 11.1 Å². The maximum absolute atomic E-state index is 6.32. The fourth-order valence-electron chi connectivity index (χ4n) is 2.52. The SMILES string of the molecule is CC(C)O[Si](OC(C)C)(C(C)C)C1CC1C. The molecule has 0 aliphatic heterocycles. The average molecular weight is 244 g/mol. The third-order valence-corrected chi connectivity index (χ3v) is 8.40. The summed E-state index contributed by atoms with van der Waals surface area (Å²) in [6.07, 6.45) is 1.85. The molecule has 0 spiro atoms. The van der Waals surface area contributed by atoms with Crippen molar-refractivity contribution in [3.63, 3.8) is 0 Å². The summed E-state index contributed by atoms with van der Waals surface area (Å²) in [6, 6.07) is 0. The first kappa shape index (κ1) is 14.2. The van der Waals surface area contributed by atoms with Crippen molar-refractivity contribution in [2.75, 3.05) is 0 Å². The minimum atomic E-state index is -2.03. The van der Waals surface area contributed by atoms with Crippen molar-refractivity contribution in [3.8, 4) is 0 Å². The summed E-state index contributed by atoms with van der Waals surface area (Å²) in [7, 11) is -2.03. The van der Waals surface area contributed by atoms with Crippen molar-refractivity contribution in [2.24, 2.45) is 5.92 Å². The quantitative estimate of drug-likeness (QED) is 0.655. The smallest absolute Gasteiger partial charge is 0.344 e. The molecule has 0 radical (unpaired) electrons. The summed E-state index contributed by atoms with van der Waals surface area (Å²) in [4.78, 5) is 0. The molecule has 0 amide bonds.